The summed E-state index contributed by atoms with van der Waals surface area (Å²) in [5, 5.41) is 0. The molecule has 0 saturated carbocycles. The van der Waals surface area contributed by atoms with Crippen molar-refractivity contribution < 1.29 is 8.78 Å². The van der Waals surface area contributed by atoms with Gasteiger partial charge in [-0.1, -0.05) is 6.07 Å². The van der Waals surface area contributed by atoms with E-state index in [1.165, 1.54) is 12.1 Å². The van der Waals surface area contributed by atoms with Gasteiger partial charge in [-0.05, 0) is 23.8 Å². The quantitative estimate of drug-likeness (QED) is 0.541. The monoisotopic (exact) mass is 127 g/mol. The fraction of sp³-hybridized carbons (Fsp3) is 0.143. The van der Waals surface area contributed by atoms with Gasteiger partial charge >= 0.3 is 0 Å². The minimum Gasteiger partial charge on any atom is -0.246 e. The lowest BCUT2D eigenvalue weighted by Gasteiger charge is -1.90. The standard InChI is InChI=1S/C7H5F2/c8-5-6-2-1-3-7(9)4-6/h1,3-4H,5H2. The zero-order valence-electron chi connectivity index (χ0n) is 4.70. The Balaban J connectivity index is 2.94. The van der Waals surface area contributed by atoms with Crippen LogP contribution in [0.3, 0.4) is 0 Å². The summed E-state index contributed by atoms with van der Waals surface area (Å²) >= 11 is 0. The molecule has 0 N–H and O–H groups in total. The van der Waals surface area contributed by atoms with Crippen molar-refractivity contribution in [1.82, 2.24) is 0 Å². The molecule has 1 radical (unpaired) electrons. The van der Waals surface area contributed by atoms with Gasteiger partial charge in [-0.2, -0.15) is 0 Å². The van der Waals surface area contributed by atoms with Crippen molar-refractivity contribution in [1.29, 1.82) is 0 Å². The smallest absolute Gasteiger partial charge is 0.123 e. The van der Waals surface area contributed by atoms with Gasteiger partial charge in [-0.15, -0.1) is 0 Å². The summed E-state index contributed by atoms with van der Waals surface area (Å²) in [6, 6.07) is 6.27. The lowest BCUT2D eigenvalue weighted by Crippen LogP contribution is -1.79. The number of rotatable bonds is 1. The van der Waals surface area contributed by atoms with E-state index in [9.17, 15) is 8.78 Å². The average molecular weight is 127 g/mol. The second-order valence-electron chi connectivity index (χ2n) is 1.67. The Bertz CT molecular complexity index is 196. The van der Waals surface area contributed by atoms with E-state index in [1.54, 1.807) is 0 Å². The molecule has 0 aromatic heterocycles. The van der Waals surface area contributed by atoms with Crippen molar-refractivity contribution in [2.24, 2.45) is 0 Å². The van der Waals surface area contributed by atoms with Gasteiger partial charge in [0.05, 0.1) is 0 Å². The van der Waals surface area contributed by atoms with Crippen LogP contribution in [0.5, 0.6) is 0 Å². The molecule has 0 atom stereocenters. The molecular formula is C7H5F2. The van der Waals surface area contributed by atoms with Gasteiger partial charge < -0.3 is 0 Å². The summed E-state index contributed by atoms with van der Waals surface area (Å²) in [4.78, 5) is 0. The summed E-state index contributed by atoms with van der Waals surface area (Å²) in [6.45, 7) is -0.655. The molecule has 2 heteroatoms. The van der Waals surface area contributed by atoms with Crippen molar-refractivity contribution in [3.8, 4) is 0 Å². The van der Waals surface area contributed by atoms with Gasteiger partial charge in [0.1, 0.15) is 12.5 Å². The van der Waals surface area contributed by atoms with Crippen molar-refractivity contribution in [2.45, 2.75) is 6.67 Å². The number of alkyl halides is 1. The normalized spacial score (nSPS) is 9.56. The Kier molecular flexibility index (Phi) is 1.78. The second kappa shape index (κ2) is 2.58. The SMILES string of the molecule is FCc1[c]ccc(F)c1. The molecule has 0 nitrogen and oxygen atoms in total. The van der Waals surface area contributed by atoms with Crippen LogP contribution >= 0.6 is 0 Å². The van der Waals surface area contributed by atoms with E-state index in [0.29, 0.717) is 0 Å². The first-order valence-electron chi connectivity index (χ1n) is 2.55. The molecule has 0 unspecified atom stereocenters. The molecule has 9 heavy (non-hydrogen) atoms. The molecule has 0 heterocycles. The third kappa shape index (κ3) is 1.49. The van der Waals surface area contributed by atoms with E-state index in [4.69, 9.17) is 0 Å². The fourth-order valence-corrected chi connectivity index (χ4v) is 0.562. The van der Waals surface area contributed by atoms with Crippen LogP contribution in [-0.4, -0.2) is 0 Å². The molecule has 0 aliphatic heterocycles. The molecule has 0 bridgehead atoms. The second-order valence-corrected chi connectivity index (χ2v) is 1.67. The Morgan fingerprint density at radius 1 is 1.56 bits per heavy atom. The van der Waals surface area contributed by atoms with E-state index in [-0.39, 0.29) is 5.56 Å². The van der Waals surface area contributed by atoms with E-state index >= 15 is 0 Å². The average Bonchev–Trinajstić information content (AvgIpc) is 1.88. The first-order valence-corrected chi connectivity index (χ1v) is 2.55. The van der Waals surface area contributed by atoms with Gasteiger partial charge in [0.25, 0.3) is 0 Å². The lowest BCUT2D eigenvalue weighted by atomic mass is 10.2. The number of hydrogen-bond acceptors (Lipinski definition) is 0. The molecule has 0 aliphatic rings. The molecule has 1 aromatic carbocycles. The van der Waals surface area contributed by atoms with Crippen molar-refractivity contribution in [3.05, 3.63) is 35.6 Å². The van der Waals surface area contributed by atoms with Crippen LogP contribution < -0.4 is 0 Å². The first-order chi connectivity index (χ1) is 4.33. The Hall–Kier alpha value is -0.920. The van der Waals surface area contributed by atoms with Gasteiger partial charge in [0.2, 0.25) is 0 Å². The van der Waals surface area contributed by atoms with Gasteiger partial charge in [-0.25, -0.2) is 8.78 Å². The number of halogens is 2. The van der Waals surface area contributed by atoms with Crippen LogP contribution in [0, 0.1) is 11.9 Å². The highest BCUT2D eigenvalue weighted by Gasteiger charge is 1.91. The summed E-state index contributed by atoms with van der Waals surface area (Å²) < 4.78 is 23.9. The van der Waals surface area contributed by atoms with Crippen LogP contribution in [0.2, 0.25) is 0 Å². The summed E-state index contributed by atoms with van der Waals surface area (Å²) in [5.74, 6) is -0.415. The molecule has 1 rings (SSSR count). The molecule has 1 aromatic rings. The Morgan fingerprint density at radius 3 is 2.78 bits per heavy atom. The number of benzene rings is 1. The molecule has 0 spiro atoms. The molecule has 47 valence electrons. The largest absolute Gasteiger partial charge is 0.246 e. The zero-order chi connectivity index (χ0) is 6.69. The molecule has 0 saturated heterocycles. The molecular weight excluding hydrogens is 122 g/mol. The predicted molar refractivity (Wildman–Crippen MR) is 30.0 cm³/mol. The van der Waals surface area contributed by atoms with Crippen LogP contribution in [0.25, 0.3) is 0 Å². The number of hydrogen-bond donors (Lipinski definition) is 0. The Labute approximate surface area is 52.1 Å². The predicted octanol–water partition coefficient (Wildman–Crippen LogP) is 2.10. The Morgan fingerprint density at radius 2 is 2.33 bits per heavy atom. The minimum absolute atomic E-state index is 0.259. The highest BCUT2D eigenvalue weighted by molar-refractivity contribution is 5.13. The maximum Gasteiger partial charge on any atom is 0.123 e. The first kappa shape index (κ1) is 6.20. The topological polar surface area (TPSA) is 0 Å². The maximum absolute atomic E-state index is 12.2. The third-order valence-electron chi connectivity index (χ3n) is 0.967. The van der Waals surface area contributed by atoms with E-state index < -0.39 is 12.5 Å². The van der Waals surface area contributed by atoms with Crippen LogP contribution in [0.1, 0.15) is 5.56 Å². The molecule has 0 fully saturated rings. The van der Waals surface area contributed by atoms with Crippen molar-refractivity contribution in [3.63, 3.8) is 0 Å². The van der Waals surface area contributed by atoms with Crippen LogP contribution in [0.4, 0.5) is 8.78 Å². The van der Waals surface area contributed by atoms with Crippen LogP contribution in [0.15, 0.2) is 18.2 Å². The summed E-state index contributed by atoms with van der Waals surface area (Å²) in [7, 11) is 0. The highest BCUT2D eigenvalue weighted by atomic mass is 19.1. The van der Waals surface area contributed by atoms with E-state index in [0.717, 1.165) is 6.07 Å². The van der Waals surface area contributed by atoms with Crippen molar-refractivity contribution >= 4 is 0 Å². The lowest BCUT2D eigenvalue weighted by molar-refractivity contribution is 0.482. The van der Waals surface area contributed by atoms with Gasteiger partial charge in [-0.3, -0.25) is 0 Å². The zero-order valence-corrected chi connectivity index (χ0v) is 4.70. The fourth-order valence-electron chi connectivity index (χ4n) is 0.562. The van der Waals surface area contributed by atoms with Crippen molar-refractivity contribution in [2.75, 3.05) is 0 Å². The van der Waals surface area contributed by atoms with Gasteiger partial charge in [0.15, 0.2) is 0 Å². The van der Waals surface area contributed by atoms with E-state index in [2.05, 4.69) is 6.07 Å². The van der Waals surface area contributed by atoms with Gasteiger partial charge in [0, 0.05) is 0 Å². The maximum atomic E-state index is 12.2. The molecule has 0 amide bonds. The van der Waals surface area contributed by atoms with Crippen LogP contribution in [-0.2, 0) is 6.67 Å². The molecule has 0 aliphatic carbocycles. The highest BCUT2D eigenvalue weighted by Crippen LogP contribution is 2.02. The summed E-state index contributed by atoms with van der Waals surface area (Å²) in [5.41, 5.74) is 0.259. The van der Waals surface area contributed by atoms with E-state index in [1.807, 2.05) is 0 Å². The minimum atomic E-state index is -0.655. The summed E-state index contributed by atoms with van der Waals surface area (Å²) in [6.07, 6.45) is 0. The third-order valence-corrected chi connectivity index (χ3v) is 0.967.